The van der Waals surface area contributed by atoms with Gasteiger partial charge in [-0.3, -0.25) is 0 Å². The number of nitrogens with zero attached hydrogens (tertiary/aromatic N) is 2. The number of methoxy groups -OCH3 is 2. The quantitative estimate of drug-likeness (QED) is 0.181. The molecule has 1 N–H and O–H groups in total. The summed E-state index contributed by atoms with van der Waals surface area (Å²) >= 11 is 6.85. The van der Waals surface area contributed by atoms with Gasteiger partial charge in [-0.25, -0.2) is 9.18 Å². The van der Waals surface area contributed by atoms with Crippen LogP contribution in [0.3, 0.4) is 0 Å². The van der Waals surface area contributed by atoms with Gasteiger partial charge in [-0.05, 0) is 59.8 Å². The lowest BCUT2D eigenvalue weighted by Gasteiger charge is -2.12. The van der Waals surface area contributed by atoms with E-state index >= 15 is 0 Å². The van der Waals surface area contributed by atoms with Gasteiger partial charge in [0.05, 0.1) is 19.8 Å². The maximum Gasteiger partial charge on any atom is 0.342 e. The minimum absolute atomic E-state index is 0.00531. The van der Waals surface area contributed by atoms with E-state index < -0.39 is 5.97 Å². The van der Waals surface area contributed by atoms with E-state index in [0.717, 1.165) is 11.8 Å². The highest BCUT2D eigenvalue weighted by Gasteiger charge is 2.19. The van der Waals surface area contributed by atoms with E-state index in [1.165, 1.54) is 26.4 Å². The third-order valence-electron chi connectivity index (χ3n) is 5.03. The number of rotatable bonds is 10. The highest BCUT2D eigenvalue weighted by Crippen LogP contribution is 2.36. The number of benzene rings is 3. The van der Waals surface area contributed by atoms with Crippen LogP contribution in [0.1, 0.15) is 11.1 Å². The fourth-order valence-corrected chi connectivity index (χ4v) is 4.10. The number of carboxylic acids is 1. The molecule has 0 aliphatic rings. The molecule has 4 aromatic rings. The lowest BCUT2D eigenvalue weighted by atomic mass is 10.2. The van der Waals surface area contributed by atoms with Gasteiger partial charge in [0.1, 0.15) is 23.1 Å². The topological polar surface area (TPSA) is 104 Å². The van der Waals surface area contributed by atoms with E-state index in [9.17, 15) is 14.3 Å². The second-order valence-electron chi connectivity index (χ2n) is 7.42. The number of carboxylic acid groups (broad SMARTS) is 1. The van der Waals surface area contributed by atoms with E-state index in [1.807, 2.05) is 0 Å². The summed E-state index contributed by atoms with van der Waals surface area (Å²) in [6.45, 7) is 0.00531. The Morgan fingerprint density at radius 2 is 1.81 bits per heavy atom. The lowest BCUT2D eigenvalue weighted by molar-refractivity contribution is -0.131. The van der Waals surface area contributed by atoms with Crippen LogP contribution < -0.4 is 14.2 Å². The van der Waals surface area contributed by atoms with E-state index in [2.05, 4.69) is 10.2 Å². The number of hydrogen-bond donors (Lipinski definition) is 1. The summed E-state index contributed by atoms with van der Waals surface area (Å²) in [5.74, 6) is -0.226. The monoisotopic (exact) mass is 542 g/mol. The van der Waals surface area contributed by atoms with Gasteiger partial charge in [0.15, 0.2) is 11.5 Å². The molecule has 190 valence electrons. The van der Waals surface area contributed by atoms with Crippen molar-refractivity contribution in [2.45, 2.75) is 11.8 Å². The van der Waals surface area contributed by atoms with E-state index in [4.69, 9.17) is 30.2 Å². The van der Waals surface area contributed by atoms with E-state index in [0.29, 0.717) is 39.0 Å². The highest BCUT2D eigenvalue weighted by atomic mass is 35.5. The van der Waals surface area contributed by atoms with Gasteiger partial charge in [-0.15, -0.1) is 10.2 Å². The van der Waals surface area contributed by atoms with E-state index in [1.54, 1.807) is 54.6 Å². The maximum absolute atomic E-state index is 13.9. The second-order valence-corrected chi connectivity index (χ2v) is 8.85. The Kier molecular flexibility index (Phi) is 8.32. The summed E-state index contributed by atoms with van der Waals surface area (Å²) in [6.07, 6.45) is 1.43. The van der Waals surface area contributed by atoms with Crippen molar-refractivity contribution in [2.24, 2.45) is 0 Å². The van der Waals surface area contributed by atoms with Gasteiger partial charge < -0.3 is 23.7 Å². The Hall–Kier alpha value is -4.02. The normalized spacial score (nSPS) is 11.3. The fraction of sp³-hybridized carbons (Fsp3) is 0.115. The van der Waals surface area contributed by atoms with Crippen LogP contribution >= 0.6 is 23.4 Å². The number of halogens is 2. The van der Waals surface area contributed by atoms with Crippen molar-refractivity contribution in [1.29, 1.82) is 0 Å². The predicted octanol–water partition coefficient (Wildman–Crippen LogP) is 6.34. The SMILES string of the molecule is COc1cc(/C=C(\Sc2nnc(-c3cc(Cl)ccc3OC)o2)C(=O)O)ccc1OCc1ccccc1F. The smallest absolute Gasteiger partial charge is 0.342 e. The molecule has 0 bridgehead atoms. The van der Waals surface area contributed by atoms with Crippen LogP contribution in [0.25, 0.3) is 17.5 Å². The number of carbonyl (C=O) groups is 1. The molecule has 11 heteroatoms. The average molecular weight is 543 g/mol. The molecule has 0 radical (unpaired) electrons. The van der Waals surface area contributed by atoms with Crippen molar-refractivity contribution in [2.75, 3.05) is 14.2 Å². The van der Waals surface area contributed by atoms with Crippen molar-refractivity contribution in [3.63, 3.8) is 0 Å². The van der Waals surface area contributed by atoms with Gasteiger partial charge in [-0.2, -0.15) is 0 Å². The third kappa shape index (κ3) is 6.41. The molecular formula is C26H20ClFN2O6S. The largest absolute Gasteiger partial charge is 0.496 e. The van der Waals surface area contributed by atoms with Crippen molar-refractivity contribution in [1.82, 2.24) is 10.2 Å². The van der Waals surface area contributed by atoms with Crippen LogP contribution in [0.2, 0.25) is 5.02 Å². The Morgan fingerprint density at radius 3 is 2.54 bits per heavy atom. The van der Waals surface area contributed by atoms with Crippen LogP contribution in [-0.2, 0) is 11.4 Å². The van der Waals surface area contributed by atoms with Gasteiger partial charge in [-0.1, -0.05) is 35.9 Å². The van der Waals surface area contributed by atoms with Crippen LogP contribution in [-0.4, -0.2) is 35.5 Å². The van der Waals surface area contributed by atoms with Crippen LogP contribution in [0.4, 0.5) is 4.39 Å². The molecule has 0 saturated carbocycles. The molecule has 37 heavy (non-hydrogen) atoms. The molecule has 3 aromatic carbocycles. The molecule has 0 amide bonds. The first kappa shape index (κ1) is 26.1. The predicted molar refractivity (Wildman–Crippen MR) is 136 cm³/mol. The zero-order valence-corrected chi connectivity index (χ0v) is 21.2. The summed E-state index contributed by atoms with van der Waals surface area (Å²) < 4.78 is 35.9. The molecule has 1 heterocycles. The summed E-state index contributed by atoms with van der Waals surface area (Å²) in [6, 6.07) is 16.1. The highest BCUT2D eigenvalue weighted by molar-refractivity contribution is 8.03. The van der Waals surface area contributed by atoms with Gasteiger partial charge in [0.2, 0.25) is 0 Å². The fourth-order valence-electron chi connectivity index (χ4n) is 3.25. The Morgan fingerprint density at radius 1 is 1.05 bits per heavy atom. The van der Waals surface area contributed by atoms with Gasteiger partial charge in [0.25, 0.3) is 11.1 Å². The molecule has 0 aliphatic carbocycles. The van der Waals surface area contributed by atoms with Crippen LogP contribution in [0.15, 0.2) is 75.2 Å². The number of thioether (sulfide) groups is 1. The molecule has 0 atom stereocenters. The molecule has 0 fully saturated rings. The summed E-state index contributed by atoms with van der Waals surface area (Å²) in [4.78, 5) is 11.9. The molecule has 4 rings (SSSR count). The minimum atomic E-state index is -1.19. The maximum atomic E-state index is 13.9. The molecule has 0 spiro atoms. The summed E-state index contributed by atoms with van der Waals surface area (Å²) in [5.41, 5.74) is 1.40. The Bertz CT molecular complexity index is 1460. The van der Waals surface area contributed by atoms with Crippen molar-refractivity contribution in [3.8, 4) is 28.7 Å². The molecule has 1 aromatic heterocycles. The van der Waals surface area contributed by atoms with Crippen LogP contribution in [0, 0.1) is 5.82 Å². The lowest BCUT2D eigenvalue weighted by Crippen LogP contribution is -2.00. The average Bonchev–Trinajstić information content (AvgIpc) is 3.36. The van der Waals surface area contributed by atoms with Gasteiger partial charge >= 0.3 is 5.97 Å². The third-order valence-corrected chi connectivity index (χ3v) is 6.12. The van der Waals surface area contributed by atoms with Crippen molar-refractivity contribution in [3.05, 3.63) is 87.5 Å². The van der Waals surface area contributed by atoms with Crippen LogP contribution in [0.5, 0.6) is 17.2 Å². The number of aliphatic carboxylic acids is 1. The summed E-state index contributed by atoms with van der Waals surface area (Å²) in [7, 11) is 2.95. The first-order chi connectivity index (χ1) is 17.9. The van der Waals surface area contributed by atoms with E-state index in [-0.39, 0.29) is 28.4 Å². The number of hydrogen-bond acceptors (Lipinski definition) is 8. The van der Waals surface area contributed by atoms with Crippen molar-refractivity contribution >= 4 is 35.4 Å². The minimum Gasteiger partial charge on any atom is -0.496 e. The zero-order chi connectivity index (χ0) is 26.4. The first-order valence-electron chi connectivity index (χ1n) is 10.7. The summed E-state index contributed by atoms with van der Waals surface area (Å²) in [5, 5.41) is 18.1. The molecule has 0 saturated heterocycles. The number of aromatic nitrogens is 2. The molecule has 0 aliphatic heterocycles. The van der Waals surface area contributed by atoms with Crippen molar-refractivity contribution < 1.29 is 32.9 Å². The Labute approximate surface area is 220 Å². The Balaban J connectivity index is 1.54. The van der Waals surface area contributed by atoms with Gasteiger partial charge in [0, 0.05) is 10.6 Å². The number of ether oxygens (including phenoxy) is 3. The molecule has 8 nitrogen and oxygen atoms in total. The molecule has 0 unspecified atom stereocenters. The zero-order valence-electron chi connectivity index (χ0n) is 19.6. The first-order valence-corrected chi connectivity index (χ1v) is 11.9. The second kappa shape index (κ2) is 11.8. The molecular weight excluding hydrogens is 523 g/mol. The standard InChI is InChI=1S/C26H20ClFN2O6S/c1-33-20-10-8-17(27)13-18(20)24-29-30-26(36-24)37-23(25(31)32)12-15-7-9-21(22(11-15)34-2)35-14-16-5-3-4-6-19(16)28/h3-13H,14H2,1-2H3,(H,31,32)/b23-12-.